The summed E-state index contributed by atoms with van der Waals surface area (Å²) in [6.07, 6.45) is 0.735. The molecule has 0 fully saturated rings. The highest BCUT2D eigenvalue weighted by atomic mass is 35.5. The largest absolute Gasteiger partial charge is 0.464 e. The van der Waals surface area contributed by atoms with Gasteiger partial charge in [0.25, 0.3) is 0 Å². The molecule has 0 unspecified atom stereocenters. The number of alkyl carbamates (subject to hydrolysis) is 1. The van der Waals surface area contributed by atoms with Crippen LogP contribution in [0.4, 0.5) is 4.79 Å². The molecule has 0 aliphatic rings. The monoisotopic (exact) mass is 370 g/mol. The van der Waals surface area contributed by atoms with Gasteiger partial charge in [0.05, 0.1) is 6.61 Å². The zero-order valence-electron chi connectivity index (χ0n) is 14.8. The number of Topliss-reactive ketones (excluding diaryl/α,β-unsaturated/α-hetero) is 1. The lowest BCUT2D eigenvalue weighted by atomic mass is 10.0. The third-order valence-corrected chi connectivity index (χ3v) is 3.20. The van der Waals surface area contributed by atoms with Crippen molar-refractivity contribution < 1.29 is 23.9 Å². The molecule has 1 rings (SSSR count). The van der Waals surface area contributed by atoms with Crippen molar-refractivity contribution in [2.24, 2.45) is 0 Å². The fourth-order valence-electron chi connectivity index (χ4n) is 1.90. The van der Waals surface area contributed by atoms with Crippen molar-refractivity contribution in [3.05, 3.63) is 29.0 Å². The second kappa shape index (κ2) is 9.36. The number of ketones is 1. The Labute approximate surface area is 152 Å². The second-order valence-electron chi connectivity index (χ2n) is 6.28. The van der Waals surface area contributed by atoms with E-state index in [0.29, 0.717) is 5.56 Å². The maximum absolute atomic E-state index is 12.2. The fourth-order valence-corrected chi connectivity index (χ4v) is 2.01. The molecule has 1 amide bonds. The predicted molar refractivity (Wildman–Crippen MR) is 92.6 cm³/mol. The van der Waals surface area contributed by atoms with Crippen LogP contribution in [0.2, 0.25) is 5.15 Å². The minimum Gasteiger partial charge on any atom is -0.464 e. The Bertz CT molecular complexity index is 610. The van der Waals surface area contributed by atoms with Gasteiger partial charge in [-0.1, -0.05) is 11.6 Å². The van der Waals surface area contributed by atoms with Gasteiger partial charge >= 0.3 is 12.1 Å². The van der Waals surface area contributed by atoms with Crippen LogP contribution >= 0.6 is 11.6 Å². The van der Waals surface area contributed by atoms with E-state index in [1.165, 1.54) is 12.3 Å². The van der Waals surface area contributed by atoms with Crippen molar-refractivity contribution >= 4 is 29.4 Å². The first-order valence-corrected chi connectivity index (χ1v) is 8.31. The van der Waals surface area contributed by atoms with E-state index < -0.39 is 23.7 Å². The summed E-state index contributed by atoms with van der Waals surface area (Å²) >= 11 is 5.69. The molecular formula is C17H23ClN2O5. The fraction of sp³-hybridized carbons (Fsp3) is 0.529. The molecule has 138 valence electrons. The van der Waals surface area contributed by atoms with Crippen LogP contribution in [0, 0.1) is 0 Å². The number of nitrogens with one attached hydrogen (secondary N) is 1. The summed E-state index contributed by atoms with van der Waals surface area (Å²) in [6.45, 7) is 6.96. The van der Waals surface area contributed by atoms with E-state index in [-0.39, 0.29) is 30.4 Å². The Morgan fingerprint density at radius 2 is 1.96 bits per heavy atom. The molecule has 1 heterocycles. The van der Waals surface area contributed by atoms with E-state index in [0.717, 1.165) is 0 Å². The van der Waals surface area contributed by atoms with Crippen molar-refractivity contribution in [2.45, 2.75) is 52.2 Å². The first kappa shape index (κ1) is 20.9. The summed E-state index contributed by atoms with van der Waals surface area (Å²) < 4.78 is 10.1. The van der Waals surface area contributed by atoms with Gasteiger partial charge in [-0.3, -0.25) is 4.79 Å². The van der Waals surface area contributed by atoms with Crippen LogP contribution in [0.1, 0.15) is 50.9 Å². The molecule has 1 aromatic rings. The average molecular weight is 371 g/mol. The standard InChI is InChI=1S/C17H23ClN2O5/c1-5-24-15(22)12(20-16(23)25-17(2,3)4)7-8-13(21)11-6-9-14(18)19-10-11/h6,9-10,12H,5,7-8H2,1-4H3,(H,20,23)/t12-/m0/s1. The third-order valence-electron chi connectivity index (χ3n) is 2.97. The Morgan fingerprint density at radius 1 is 1.28 bits per heavy atom. The summed E-state index contributed by atoms with van der Waals surface area (Å²) in [5, 5.41) is 2.73. The van der Waals surface area contributed by atoms with Gasteiger partial charge in [-0.15, -0.1) is 0 Å². The summed E-state index contributed by atoms with van der Waals surface area (Å²) in [5.41, 5.74) is -0.321. The number of carbonyl (C=O) groups excluding carboxylic acids is 3. The van der Waals surface area contributed by atoms with Crippen LogP contribution < -0.4 is 5.32 Å². The first-order chi connectivity index (χ1) is 11.6. The molecule has 25 heavy (non-hydrogen) atoms. The number of carbonyl (C=O) groups is 3. The van der Waals surface area contributed by atoms with Gasteiger partial charge in [-0.05, 0) is 46.2 Å². The summed E-state index contributed by atoms with van der Waals surface area (Å²) in [5.74, 6) is -0.833. The predicted octanol–water partition coefficient (Wildman–Crippen LogP) is 3.15. The molecule has 1 N–H and O–H groups in total. The molecule has 0 saturated heterocycles. The van der Waals surface area contributed by atoms with Crippen molar-refractivity contribution in [1.82, 2.24) is 10.3 Å². The van der Waals surface area contributed by atoms with Gasteiger partial charge in [0.15, 0.2) is 5.78 Å². The highest BCUT2D eigenvalue weighted by Crippen LogP contribution is 2.12. The Kier molecular flexibility index (Phi) is 7.83. The van der Waals surface area contributed by atoms with Crippen LogP contribution in [0.15, 0.2) is 18.3 Å². The molecule has 0 aliphatic carbocycles. The Hall–Kier alpha value is -2.15. The Morgan fingerprint density at radius 3 is 2.48 bits per heavy atom. The minimum absolute atomic E-state index is 0.0303. The lowest BCUT2D eigenvalue weighted by Crippen LogP contribution is -2.44. The van der Waals surface area contributed by atoms with E-state index in [9.17, 15) is 14.4 Å². The maximum atomic E-state index is 12.2. The van der Waals surface area contributed by atoms with Crippen LogP contribution in [0.3, 0.4) is 0 Å². The van der Waals surface area contributed by atoms with E-state index in [1.807, 2.05) is 0 Å². The van der Waals surface area contributed by atoms with Gasteiger partial charge < -0.3 is 14.8 Å². The van der Waals surface area contributed by atoms with Crippen molar-refractivity contribution in [2.75, 3.05) is 6.61 Å². The van der Waals surface area contributed by atoms with Crippen molar-refractivity contribution in [3.63, 3.8) is 0 Å². The lowest BCUT2D eigenvalue weighted by Gasteiger charge is -2.22. The SMILES string of the molecule is CCOC(=O)[C@H](CCC(=O)c1ccc(Cl)nc1)NC(=O)OC(C)(C)C. The van der Waals surface area contributed by atoms with Crippen LogP contribution in [0.5, 0.6) is 0 Å². The number of hydrogen-bond donors (Lipinski definition) is 1. The van der Waals surface area contributed by atoms with Gasteiger partial charge in [0, 0.05) is 18.2 Å². The second-order valence-corrected chi connectivity index (χ2v) is 6.67. The van der Waals surface area contributed by atoms with Crippen molar-refractivity contribution in [1.29, 1.82) is 0 Å². The molecular weight excluding hydrogens is 348 g/mol. The topological polar surface area (TPSA) is 94.6 Å². The number of nitrogens with zero attached hydrogens (tertiary/aromatic N) is 1. The summed E-state index contributed by atoms with van der Waals surface area (Å²) in [4.78, 5) is 39.9. The number of hydrogen-bond acceptors (Lipinski definition) is 6. The normalized spacial score (nSPS) is 12.2. The van der Waals surface area contributed by atoms with Crippen LogP contribution in [0.25, 0.3) is 0 Å². The number of rotatable bonds is 7. The molecule has 0 spiro atoms. The number of amides is 1. The zero-order chi connectivity index (χ0) is 19.0. The maximum Gasteiger partial charge on any atom is 0.408 e. The van der Waals surface area contributed by atoms with E-state index in [2.05, 4.69) is 10.3 Å². The zero-order valence-corrected chi connectivity index (χ0v) is 15.6. The quantitative estimate of drug-likeness (QED) is 0.450. The van der Waals surface area contributed by atoms with E-state index in [4.69, 9.17) is 21.1 Å². The van der Waals surface area contributed by atoms with Gasteiger partial charge in [0.1, 0.15) is 16.8 Å². The molecule has 0 bridgehead atoms. The summed E-state index contributed by atoms with van der Waals surface area (Å²) in [6, 6.07) is 2.09. The molecule has 0 saturated carbocycles. The number of pyridine rings is 1. The number of ether oxygens (including phenoxy) is 2. The summed E-state index contributed by atoms with van der Waals surface area (Å²) in [7, 11) is 0. The Balaban J connectivity index is 2.70. The lowest BCUT2D eigenvalue weighted by molar-refractivity contribution is -0.145. The molecule has 0 radical (unpaired) electrons. The molecule has 0 aliphatic heterocycles. The minimum atomic E-state index is -0.973. The van der Waals surface area contributed by atoms with Crippen LogP contribution in [-0.2, 0) is 14.3 Å². The molecule has 0 aromatic carbocycles. The van der Waals surface area contributed by atoms with Gasteiger partial charge in [-0.2, -0.15) is 0 Å². The molecule has 1 aromatic heterocycles. The van der Waals surface area contributed by atoms with E-state index >= 15 is 0 Å². The third kappa shape index (κ3) is 7.98. The van der Waals surface area contributed by atoms with Gasteiger partial charge in [-0.25, -0.2) is 14.6 Å². The smallest absolute Gasteiger partial charge is 0.408 e. The van der Waals surface area contributed by atoms with Gasteiger partial charge in [0.2, 0.25) is 0 Å². The average Bonchev–Trinajstić information content (AvgIpc) is 2.50. The molecule has 8 heteroatoms. The van der Waals surface area contributed by atoms with E-state index in [1.54, 1.807) is 33.8 Å². The van der Waals surface area contributed by atoms with Crippen LogP contribution in [-0.4, -0.2) is 41.1 Å². The van der Waals surface area contributed by atoms with Crippen molar-refractivity contribution in [3.8, 4) is 0 Å². The number of esters is 1. The number of aromatic nitrogens is 1. The first-order valence-electron chi connectivity index (χ1n) is 7.93. The number of halogens is 1. The molecule has 7 nitrogen and oxygen atoms in total. The highest BCUT2D eigenvalue weighted by Gasteiger charge is 2.26. The molecule has 1 atom stereocenters. The highest BCUT2D eigenvalue weighted by molar-refractivity contribution is 6.29.